The van der Waals surface area contributed by atoms with Crippen molar-refractivity contribution in [2.24, 2.45) is 0 Å². The van der Waals surface area contributed by atoms with Crippen molar-refractivity contribution in [2.75, 3.05) is 79.0 Å². The number of amides is 1. The van der Waals surface area contributed by atoms with Crippen molar-refractivity contribution >= 4 is 15.9 Å². The third-order valence-corrected chi connectivity index (χ3v) is 8.32. The molecule has 0 aliphatic carbocycles. The number of nitrogens with zero attached hydrogens (tertiary/aromatic N) is 4. The van der Waals surface area contributed by atoms with Gasteiger partial charge in [-0.25, -0.2) is 8.42 Å². The van der Waals surface area contributed by atoms with Gasteiger partial charge in [0, 0.05) is 78.4 Å². The summed E-state index contributed by atoms with van der Waals surface area (Å²) in [6.07, 6.45) is 0.215. The van der Waals surface area contributed by atoms with E-state index in [1.165, 1.54) is 4.31 Å². The van der Waals surface area contributed by atoms with Crippen LogP contribution in [0, 0.1) is 13.8 Å². The summed E-state index contributed by atoms with van der Waals surface area (Å²) in [6, 6.07) is 5.27. The summed E-state index contributed by atoms with van der Waals surface area (Å²) in [7, 11) is -1.56. The van der Waals surface area contributed by atoms with Gasteiger partial charge >= 0.3 is 0 Å². The van der Waals surface area contributed by atoms with Gasteiger partial charge < -0.3 is 15.1 Å². The molecule has 3 rings (SSSR count). The molecule has 0 aromatic heterocycles. The number of piperazine rings is 2. The molecule has 8 nitrogen and oxygen atoms in total. The van der Waals surface area contributed by atoms with Crippen LogP contribution in [0.5, 0.6) is 0 Å². The van der Waals surface area contributed by atoms with E-state index >= 15 is 0 Å². The molecule has 31 heavy (non-hydrogen) atoms. The molecular weight excluding hydrogens is 414 g/mol. The van der Waals surface area contributed by atoms with Gasteiger partial charge in [-0.05, 0) is 44.2 Å². The van der Waals surface area contributed by atoms with Crippen LogP contribution in [0.3, 0.4) is 0 Å². The van der Waals surface area contributed by atoms with Gasteiger partial charge in [0.2, 0.25) is 15.9 Å². The van der Waals surface area contributed by atoms with Crippen LogP contribution >= 0.6 is 0 Å². The molecule has 0 saturated carbocycles. The maximum absolute atomic E-state index is 13.5. The first-order valence-electron chi connectivity index (χ1n) is 11.2. The third-order valence-electron chi connectivity index (χ3n) is 6.42. The van der Waals surface area contributed by atoms with Crippen LogP contribution in [0.1, 0.15) is 17.5 Å². The normalized spacial score (nSPS) is 19.2. The van der Waals surface area contributed by atoms with Gasteiger partial charge in [0.25, 0.3) is 0 Å². The number of aryl methyl sites for hydroxylation is 2. The van der Waals surface area contributed by atoms with Crippen LogP contribution in [0.25, 0.3) is 0 Å². The molecule has 2 aliphatic heterocycles. The lowest BCUT2D eigenvalue weighted by Gasteiger charge is -2.34. The lowest BCUT2D eigenvalue weighted by Crippen LogP contribution is -2.49. The van der Waals surface area contributed by atoms with Crippen molar-refractivity contribution in [3.63, 3.8) is 0 Å². The van der Waals surface area contributed by atoms with Gasteiger partial charge in [0.15, 0.2) is 0 Å². The molecule has 2 saturated heterocycles. The second-order valence-electron chi connectivity index (χ2n) is 8.68. The minimum absolute atomic E-state index is 0.0291. The van der Waals surface area contributed by atoms with Crippen LogP contribution < -0.4 is 5.32 Å². The van der Waals surface area contributed by atoms with Crippen molar-refractivity contribution in [3.05, 3.63) is 29.3 Å². The lowest BCUT2D eigenvalue weighted by atomic mass is 10.1. The maximum Gasteiger partial charge on any atom is 0.243 e. The van der Waals surface area contributed by atoms with Crippen LogP contribution in [0.15, 0.2) is 23.1 Å². The number of rotatable bonds is 8. The average molecular weight is 452 g/mol. The summed E-state index contributed by atoms with van der Waals surface area (Å²) >= 11 is 0. The second kappa shape index (κ2) is 10.9. The fourth-order valence-corrected chi connectivity index (χ4v) is 5.51. The number of sulfonamides is 1. The van der Waals surface area contributed by atoms with E-state index in [2.05, 4.69) is 22.2 Å². The highest BCUT2D eigenvalue weighted by molar-refractivity contribution is 7.89. The van der Waals surface area contributed by atoms with E-state index in [1.54, 1.807) is 12.1 Å². The Labute approximate surface area is 187 Å². The monoisotopic (exact) mass is 451 g/mol. The van der Waals surface area contributed by atoms with E-state index in [-0.39, 0.29) is 18.9 Å². The first-order chi connectivity index (χ1) is 14.8. The van der Waals surface area contributed by atoms with Crippen LogP contribution in [-0.2, 0) is 14.8 Å². The van der Waals surface area contributed by atoms with Crippen molar-refractivity contribution in [1.82, 2.24) is 24.3 Å². The van der Waals surface area contributed by atoms with Gasteiger partial charge in [-0.3, -0.25) is 9.69 Å². The fourth-order valence-electron chi connectivity index (χ4n) is 3.99. The Bertz CT molecular complexity index is 847. The van der Waals surface area contributed by atoms with E-state index in [1.807, 2.05) is 24.8 Å². The number of benzene rings is 1. The zero-order valence-electron chi connectivity index (χ0n) is 19.1. The molecule has 174 valence electrons. The van der Waals surface area contributed by atoms with Crippen LogP contribution in [0.2, 0.25) is 0 Å². The third kappa shape index (κ3) is 6.49. The van der Waals surface area contributed by atoms with E-state index in [4.69, 9.17) is 0 Å². The Morgan fingerprint density at radius 3 is 2.32 bits per heavy atom. The number of hydrogen-bond acceptors (Lipinski definition) is 6. The molecule has 0 radical (unpaired) electrons. The number of likely N-dealkylation sites (N-methyl/N-ethyl adjacent to an activating group) is 1. The fraction of sp³-hybridized carbons (Fsp3) is 0.682. The SMILES string of the molecule is Cc1ccc(S(=O)(=O)N(CCC(=O)N2CCNCC2)CCN2CCN(C)CC2)cc1C. The molecule has 2 heterocycles. The summed E-state index contributed by atoms with van der Waals surface area (Å²) in [5, 5.41) is 3.24. The minimum Gasteiger partial charge on any atom is -0.340 e. The van der Waals surface area contributed by atoms with Gasteiger partial charge in [-0.2, -0.15) is 4.31 Å². The average Bonchev–Trinajstić information content (AvgIpc) is 2.77. The van der Waals surface area contributed by atoms with Crippen molar-refractivity contribution in [1.29, 1.82) is 0 Å². The molecule has 0 atom stereocenters. The van der Waals surface area contributed by atoms with E-state index < -0.39 is 10.0 Å². The maximum atomic E-state index is 13.5. The molecule has 2 fully saturated rings. The Hall–Kier alpha value is -1.52. The molecule has 1 amide bonds. The van der Waals surface area contributed by atoms with Crippen molar-refractivity contribution in [3.8, 4) is 0 Å². The molecule has 9 heteroatoms. The molecule has 1 aromatic rings. The van der Waals surface area contributed by atoms with Crippen LogP contribution in [0.4, 0.5) is 0 Å². The van der Waals surface area contributed by atoms with Crippen molar-refractivity contribution < 1.29 is 13.2 Å². The number of carbonyl (C=O) groups excluding carboxylic acids is 1. The smallest absolute Gasteiger partial charge is 0.243 e. The highest BCUT2D eigenvalue weighted by Gasteiger charge is 2.27. The predicted molar refractivity (Wildman–Crippen MR) is 123 cm³/mol. The molecule has 2 aliphatic rings. The summed E-state index contributed by atoms with van der Waals surface area (Å²) in [5.74, 6) is 0.0291. The van der Waals surface area contributed by atoms with E-state index in [0.29, 0.717) is 31.1 Å². The largest absolute Gasteiger partial charge is 0.340 e. The highest BCUT2D eigenvalue weighted by Crippen LogP contribution is 2.20. The molecule has 0 unspecified atom stereocenters. The number of carbonyl (C=O) groups is 1. The summed E-state index contributed by atoms with van der Waals surface area (Å²) in [5.41, 5.74) is 2.02. The summed E-state index contributed by atoms with van der Waals surface area (Å²) in [6.45, 7) is 12.0. The first-order valence-corrected chi connectivity index (χ1v) is 12.7. The Morgan fingerprint density at radius 1 is 1.00 bits per heavy atom. The Kier molecular flexibility index (Phi) is 8.46. The van der Waals surface area contributed by atoms with E-state index in [9.17, 15) is 13.2 Å². The van der Waals surface area contributed by atoms with Gasteiger partial charge in [0.05, 0.1) is 4.90 Å². The standard InChI is InChI=1S/C22H37N5O3S/c1-19-4-5-21(18-20(19)2)31(29,30)27(17-16-25-14-12-24(3)13-15-25)9-6-22(28)26-10-7-23-8-11-26/h4-5,18,23H,6-17H2,1-3H3. The first kappa shape index (κ1) is 24.1. The topological polar surface area (TPSA) is 76.2 Å². The zero-order valence-corrected chi connectivity index (χ0v) is 20.0. The van der Waals surface area contributed by atoms with Gasteiger partial charge in [-0.1, -0.05) is 6.07 Å². The second-order valence-corrected chi connectivity index (χ2v) is 10.6. The lowest BCUT2D eigenvalue weighted by molar-refractivity contribution is -0.131. The Morgan fingerprint density at radius 2 is 1.68 bits per heavy atom. The van der Waals surface area contributed by atoms with Crippen LogP contribution in [-0.4, -0.2) is 112 Å². The summed E-state index contributed by atoms with van der Waals surface area (Å²) < 4.78 is 28.5. The number of hydrogen-bond donors (Lipinski definition) is 1. The molecule has 0 bridgehead atoms. The Balaban J connectivity index is 1.70. The van der Waals surface area contributed by atoms with Gasteiger partial charge in [0.1, 0.15) is 0 Å². The van der Waals surface area contributed by atoms with Gasteiger partial charge in [-0.15, -0.1) is 0 Å². The minimum atomic E-state index is -3.67. The molecular formula is C22H37N5O3S. The zero-order chi connectivity index (χ0) is 22.4. The number of nitrogens with one attached hydrogen (secondary N) is 1. The molecule has 0 spiro atoms. The predicted octanol–water partition coefficient (Wildman–Crippen LogP) is 0.363. The van der Waals surface area contributed by atoms with Crippen molar-refractivity contribution in [2.45, 2.75) is 25.2 Å². The summed E-state index contributed by atoms with van der Waals surface area (Å²) in [4.78, 5) is 19.4. The highest BCUT2D eigenvalue weighted by atomic mass is 32.2. The molecule has 1 aromatic carbocycles. The quantitative estimate of drug-likeness (QED) is 0.615. The van der Waals surface area contributed by atoms with E-state index in [0.717, 1.165) is 50.4 Å². The molecule has 1 N–H and O–H groups in total.